The molecule has 0 fully saturated rings. The van der Waals surface area contributed by atoms with Crippen molar-refractivity contribution in [2.45, 2.75) is 26.8 Å². The number of carbonyl (C=O) groups is 1. The van der Waals surface area contributed by atoms with Gasteiger partial charge in [0.1, 0.15) is 19.0 Å². The second-order valence-electron chi connectivity index (χ2n) is 6.42. The van der Waals surface area contributed by atoms with Gasteiger partial charge in [0, 0.05) is 29.8 Å². The molecule has 1 aliphatic heterocycles. The molecule has 27 heavy (non-hydrogen) atoms. The third kappa shape index (κ3) is 3.55. The molecule has 1 aliphatic rings. The van der Waals surface area contributed by atoms with Crippen molar-refractivity contribution in [1.82, 2.24) is 14.9 Å². The minimum Gasteiger partial charge on any atom is -0.486 e. The first-order valence-corrected chi connectivity index (χ1v) is 8.94. The van der Waals surface area contributed by atoms with Crippen molar-refractivity contribution in [1.29, 1.82) is 0 Å². The number of rotatable bonds is 5. The van der Waals surface area contributed by atoms with Crippen LogP contribution in [0.15, 0.2) is 29.0 Å². The summed E-state index contributed by atoms with van der Waals surface area (Å²) in [5.41, 5.74) is 3.05. The van der Waals surface area contributed by atoms with Crippen molar-refractivity contribution in [2.75, 3.05) is 13.2 Å². The monoisotopic (exact) mass is 387 g/mol. The molecule has 0 unspecified atom stereocenters. The zero-order valence-electron chi connectivity index (χ0n) is 15.0. The first kappa shape index (κ1) is 17.6. The van der Waals surface area contributed by atoms with Crippen LogP contribution in [0.5, 0.6) is 11.5 Å². The maximum absolute atomic E-state index is 12.7. The van der Waals surface area contributed by atoms with Gasteiger partial charge in [-0.2, -0.15) is 5.10 Å². The number of carbonyl (C=O) groups excluding carboxylic acids is 1. The molecule has 0 bridgehead atoms. The number of halogens is 1. The summed E-state index contributed by atoms with van der Waals surface area (Å²) >= 11 is 6.26. The summed E-state index contributed by atoms with van der Waals surface area (Å²) in [6.45, 7) is 5.23. The number of hydrogen-bond donors (Lipinski definition) is 0. The summed E-state index contributed by atoms with van der Waals surface area (Å²) in [7, 11) is 0. The fourth-order valence-corrected chi connectivity index (χ4v) is 3.29. The van der Waals surface area contributed by atoms with E-state index in [0.29, 0.717) is 41.8 Å². The molecule has 0 saturated heterocycles. The van der Waals surface area contributed by atoms with Gasteiger partial charge in [0.2, 0.25) is 0 Å². The summed E-state index contributed by atoms with van der Waals surface area (Å²) in [4.78, 5) is 12.7. The van der Waals surface area contributed by atoms with Crippen molar-refractivity contribution in [3.8, 4) is 11.5 Å². The molecule has 3 aromatic rings. The zero-order chi connectivity index (χ0) is 19.0. The Morgan fingerprint density at radius 1 is 1.22 bits per heavy atom. The molecular formula is C19H18ClN3O4. The molecule has 1 aromatic carbocycles. The van der Waals surface area contributed by atoms with Crippen LogP contribution in [-0.4, -0.2) is 33.9 Å². The van der Waals surface area contributed by atoms with E-state index in [1.54, 1.807) is 23.0 Å². The average Bonchev–Trinajstić information content (AvgIpc) is 3.22. The number of hydrogen-bond acceptors (Lipinski definition) is 6. The van der Waals surface area contributed by atoms with Crippen molar-refractivity contribution in [3.63, 3.8) is 0 Å². The molecule has 140 valence electrons. The van der Waals surface area contributed by atoms with E-state index in [1.807, 2.05) is 20.0 Å². The number of aromatic nitrogens is 3. The van der Waals surface area contributed by atoms with E-state index in [4.69, 9.17) is 25.6 Å². The SMILES string of the molecule is Cc1noc(C)c1Cn1cc(CC(=O)c2cc3c(cc2Cl)OCCO3)cn1. The Morgan fingerprint density at radius 3 is 2.67 bits per heavy atom. The lowest BCUT2D eigenvalue weighted by Crippen LogP contribution is -2.16. The van der Waals surface area contributed by atoms with E-state index >= 15 is 0 Å². The Labute approximate surface area is 160 Å². The predicted molar refractivity (Wildman–Crippen MR) is 97.8 cm³/mol. The van der Waals surface area contributed by atoms with Crippen LogP contribution >= 0.6 is 11.6 Å². The Morgan fingerprint density at radius 2 is 1.96 bits per heavy atom. The Balaban J connectivity index is 1.50. The van der Waals surface area contributed by atoms with Crippen LogP contribution in [0.25, 0.3) is 0 Å². The number of ether oxygens (including phenoxy) is 2. The van der Waals surface area contributed by atoms with E-state index in [0.717, 1.165) is 22.6 Å². The second kappa shape index (κ2) is 7.08. The van der Waals surface area contributed by atoms with Crippen LogP contribution in [0.4, 0.5) is 0 Å². The van der Waals surface area contributed by atoms with Crippen LogP contribution in [0, 0.1) is 13.8 Å². The van der Waals surface area contributed by atoms with Crippen LogP contribution in [0.3, 0.4) is 0 Å². The quantitative estimate of drug-likeness (QED) is 0.624. The van der Waals surface area contributed by atoms with Gasteiger partial charge < -0.3 is 14.0 Å². The standard InChI is InChI=1S/C19H18ClN3O4/c1-11-15(12(2)27-22-11)10-23-9-13(8-21-23)5-17(24)14-6-18-19(7-16(14)20)26-4-3-25-18/h6-9H,3-5,10H2,1-2H3. The minimum absolute atomic E-state index is 0.103. The maximum atomic E-state index is 12.7. The van der Waals surface area contributed by atoms with Gasteiger partial charge in [-0.05, 0) is 25.5 Å². The van der Waals surface area contributed by atoms with Gasteiger partial charge in [-0.1, -0.05) is 16.8 Å². The Hall–Kier alpha value is -2.80. The smallest absolute Gasteiger partial charge is 0.168 e. The summed E-state index contributed by atoms with van der Waals surface area (Å²) in [6, 6.07) is 3.28. The van der Waals surface area contributed by atoms with E-state index in [9.17, 15) is 4.79 Å². The molecule has 0 atom stereocenters. The molecule has 0 spiro atoms. The molecule has 0 radical (unpaired) electrons. The third-order valence-electron chi connectivity index (χ3n) is 4.48. The highest BCUT2D eigenvalue weighted by Crippen LogP contribution is 2.35. The largest absolute Gasteiger partial charge is 0.486 e. The maximum Gasteiger partial charge on any atom is 0.168 e. The zero-order valence-corrected chi connectivity index (χ0v) is 15.7. The van der Waals surface area contributed by atoms with Crippen LogP contribution in [-0.2, 0) is 13.0 Å². The molecule has 0 N–H and O–H groups in total. The molecule has 4 rings (SSSR count). The molecular weight excluding hydrogens is 370 g/mol. The van der Waals surface area contributed by atoms with Crippen LogP contribution in [0.2, 0.25) is 5.02 Å². The fourth-order valence-electron chi connectivity index (χ4n) is 3.03. The molecule has 2 aromatic heterocycles. The van der Waals surface area contributed by atoms with Crippen molar-refractivity contribution < 1.29 is 18.8 Å². The lowest BCUT2D eigenvalue weighted by molar-refractivity contribution is 0.0992. The van der Waals surface area contributed by atoms with Crippen LogP contribution in [0.1, 0.15) is 32.9 Å². The Kier molecular flexibility index (Phi) is 4.61. The van der Waals surface area contributed by atoms with Crippen molar-refractivity contribution in [3.05, 3.63) is 57.7 Å². The first-order valence-electron chi connectivity index (χ1n) is 8.56. The van der Waals surface area contributed by atoms with Crippen LogP contribution < -0.4 is 9.47 Å². The van der Waals surface area contributed by atoms with E-state index in [-0.39, 0.29) is 12.2 Å². The molecule has 0 saturated carbocycles. The number of aryl methyl sites for hydroxylation is 2. The lowest BCUT2D eigenvalue weighted by atomic mass is 10.0. The molecule has 0 aliphatic carbocycles. The number of benzene rings is 1. The van der Waals surface area contributed by atoms with Gasteiger partial charge in [-0.15, -0.1) is 0 Å². The first-order chi connectivity index (χ1) is 13.0. The fraction of sp³-hybridized carbons (Fsp3) is 0.316. The number of fused-ring (bicyclic) bond motifs is 1. The van der Waals surface area contributed by atoms with Crippen molar-refractivity contribution >= 4 is 17.4 Å². The molecule has 0 amide bonds. The van der Waals surface area contributed by atoms with Gasteiger partial charge in [0.25, 0.3) is 0 Å². The normalized spacial score (nSPS) is 13.0. The topological polar surface area (TPSA) is 79.4 Å². The van der Waals surface area contributed by atoms with Gasteiger partial charge in [-0.3, -0.25) is 9.48 Å². The predicted octanol–water partition coefficient (Wildman–Crippen LogP) is 3.39. The summed E-state index contributed by atoms with van der Waals surface area (Å²) < 4.78 is 18.0. The lowest BCUT2D eigenvalue weighted by Gasteiger charge is -2.19. The van der Waals surface area contributed by atoms with Gasteiger partial charge in [0.05, 0.1) is 23.5 Å². The number of ketones is 1. The van der Waals surface area contributed by atoms with E-state index in [2.05, 4.69) is 10.3 Å². The molecule has 3 heterocycles. The summed E-state index contributed by atoms with van der Waals surface area (Å²) in [5, 5.41) is 8.63. The number of nitrogens with zero attached hydrogens (tertiary/aromatic N) is 3. The molecule has 8 heteroatoms. The Bertz CT molecular complexity index is 989. The minimum atomic E-state index is -0.103. The van der Waals surface area contributed by atoms with Gasteiger partial charge in [0.15, 0.2) is 17.3 Å². The summed E-state index contributed by atoms with van der Waals surface area (Å²) in [5.74, 6) is 1.77. The summed E-state index contributed by atoms with van der Waals surface area (Å²) in [6.07, 6.45) is 3.72. The van der Waals surface area contributed by atoms with E-state index < -0.39 is 0 Å². The number of Topliss-reactive ketones (excluding diaryl/α,β-unsaturated/α-hetero) is 1. The molecule has 7 nitrogen and oxygen atoms in total. The van der Waals surface area contributed by atoms with Gasteiger partial charge >= 0.3 is 0 Å². The second-order valence-corrected chi connectivity index (χ2v) is 6.83. The third-order valence-corrected chi connectivity index (χ3v) is 4.80. The van der Waals surface area contributed by atoms with E-state index in [1.165, 1.54) is 0 Å². The highest BCUT2D eigenvalue weighted by molar-refractivity contribution is 6.34. The highest BCUT2D eigenvalue weighted by atomic mass is 35.5. The highest BCUT2D eigenvalue weighted by Gasteiger charge is 2.20. The average molecular weight is 388 g/mol. The van der Waals surface area contributed by atoms with Crippen molar-refractivity contribution in [2.24, 2.45) is 0 Å². The van der Waals surface area contributed by atoms with Gasteiger partial charge in [-0.25, -0.2) is 0 Å².